The third-order valence-electron chi connectivity index (χ3n) is 2.32. The molecule has 1 rings (SSSR count). The average molecular weight is 157 g/mol. The van der Waals surface area contributed by atoms with Crippen molar-refractivity contribution in [2.24, 2.45) is 5.92 Å². The third-order valence-corrected chi connectivity index (χ3v) is 2.32. The minimum Gasteiger partial charge on any atom is -0.385 e. The van der Waals surface area contributed by atoms with Crippen LogP contribution in [0.3, 0.4) is 0 Å². The van der Waals surface area contributed by atoms with Crippen LogP contribution in [-0.4, -0.2) is 26.3 Å². The third kappa shape index (κ3) is 3.73. The van der Waals surface area contributed by atoms with Gasteiger partial charge in [0, 0.05) is 19.8 Å². The van der Waals surface area contributed by atoms with E-state index in [0.29, 0.717) is 0 Å². The van der Waals surface area contributed by atoms with Crippen LogP contribution in [-0.2, 0) is 4.74 Å². The predicted molar refractivity (Wildman–Crippen MR) is 46.7 cm³/mol. The molecule has 0 radical (unpaired) electrons. The summed E-state index contributed by atoms with van der Waals surface area (Å²) in [7, 11) is 1.75. The number of hydrogen-bond acceptors (Lipinski definition) is 2. The van der Waals surface area contributed by atoms with Gasteiger partial charge >= 0.3 is 0 Å². The van der Waals surface area contributed by atoms with Gasteiger partial charge in [0.1, 0.15) is 0 Å². The summed E-state index contributed by atoms with van der Waals surface area (Å²) in [6.45, 7) is 4.26. The lowest BCUT2D eigenvalue weighted by Gasteiger charge is -2.11. The highest BCUT2D eigenvalue weighted by molar-refractivity contribution is 4.82. The van der Waals surface area contributed by atoms with Crippen LogP contribution in [0.1, 0.15) is 26.2 Å². The zero-order chi connectivity index (χ0) is 8.10. The Balaban J connectivity index is 1.85. The first-order valence-electron chi connectivity index (χ1n) is 4.57. The molecule has 1 aliphatic carbocycles. The van der Waals surface area contributed by atoms with Gasteiger partial charge in [-0.2, -0.15) is 0 Å². The van der Waals surface area contributed by atoms with Gasteiger partial charge in [-0.1, -0.05) is 0 Å². The van der Waals surface area contributed by atoms with E-state index >= 15 is 0 Å². The normalized spacial score (nSPS) is 20.2. The molecule has 66 valence electrons. The fraction of sp³-hybridized carbons (Fsp3) is 1.00. The Morgan fingerprint density at radius 3 is 2.82 bits per heavy atom. The molecular weight excluding hydrogens is 138 g/mol. The largest absolute Gasteiger partial charge is 0.385 e. The van der Waals surface area contributed by atoms with Crippen LogP contribution in [0.15, 0.2) is 0 Å². The van der Waals surface area contributed by atoms with Crippen LogP contribution in [0.2, 0.25) is 0 Å². The van der Waals surface area contributed by atoms with Crippen molar-refractivity contribution in [3.8, 4) is 0 Å². The van der Waals surface area contributed by atoms with E-state index in [1.165, 1.54) is 12.8 Å². The van der Waals surface area contributed by atoms with E-state index in [0.717, 1.165) is 31.5 Å². The van der Waals surface area contributed by atoms with Gasteiger partial charge in [0.15, 0.2) is 0 Å². The summed E-state index contributed by atoms with van der Waals surface area (Å²) >= 11 is 0. The standard InChI is InChI=1S/C9H19NO/c1-8(9-4-5-9)10-6-3-7-11-2/h8-10H,3-7H2,1-2H3. The predicted octanol–water partition coefficient (Wildman–Crippen LogP) is 1.41. The zero-order valence-electron chi connectivity index (χ0n) is 7.60. The molecule has 2 nitrogen and oxygen atoms in total. The van der Waals surface area contributed by atoms with E-state index in [2.05, 4.69) is 12.2 Å². The first-order chi connectivity index (χ1) is 5.34. The maximum atomic E-state index is 4.96. The Morgan fingerprint density at radius 2 is 2.27 bits per heavy atom. The van der Waals surface area contributed by atoms with Crippen LogP contribution in [0.5, 0.6) is 0 Å². The number of hydrogen-bond donors (Lipinski definition) is 1. The Hall–Kier alpha value is -0.0800. The number of ether oxygens (including phenoxy) is 1. The van der Waals surface area contributed by atoms with E-state index in [1.807, 2.05) is 0 Å². The van der Waals surface area contributed by atoms with Gasteiger partial charge in [-0.3, -0.25) is 0 Å². The van der Waals surface area contributed by atoms with Crippen LogP contribution in [0.25, 0.3) is 0 Å². The van der Waals surface area contributed by atoms with Crippen molar-refractivity contribution in [2.75, 3.05) is 20.3 Å². The Kier molecular flexibility index (Phi) is 3.87. The highest BCUT2D eigenvalue weighted by Crippen LogP contribution is 2.32. The van der Waals surface area contributed by atoms with Crippen molar-refractivity contribution in [2.45, 2.75) is 32.2 Å². The maximum Gasteiger partial charge on any atom is 0.0474 e. The lowest BCUT2D eigenvalue weighted by molar-refractivity contribution is 0.193. The van der Waals surface area contributed by atoms with Gasteiger partial charge in [0.05, 0.1) is 0 Å². The van der Waals surface area contributed by atoms with E-state index in [9.17, 15) is 0 Å². The van der Waals surface area contributed by atoms with E-state index in [-0.39, 0.29) is 0 Å². The molecule has 0 bridgehead atoms. The Morgan fingerprint density at radius 1 is 1.55 bits per heavy atom. The van der Waals surface area contributed by atoms with E-state index in [4.69, 9.17) is 4.74 Å². The molecule has 0 aliphatic heterocycles. The van der Waals surface area contributed by atoms with Gasteiger partial charge in [0.25, 0.3) is 0 Å². The van der Waals surface area contributed by atoms with Gasteiger partial charge < -0.3 is 10.1 Å². The topological polar surface area (TPSA) is 21.3 Å². The minimum absolute atomic E-state index is 0.729. The molecule has 1 aliphatic rings. The van der Waals surface area contributed by atoms with Crippen molar-refractivity contribution in [1.82, 2.24) is 5.32 Å². The lowest BCUT2D eigenvalue weighted by Crippen LogP contribution is -2.29. The summed E-state index contributed by atoms with van der Waals surface area (Å²) in [5.74, 6) is 0.970. The molecule has 0 saturated heterocycles. The van der Waals surface area contributed by atoms with E-state index < -0.39 is 0 Å². The first-order valence-corrected chi connectivity index (χ1v) is 4.57. The molecule has 1 unspecified atom stereocenters. The second kappa shape index (κ2) is 4.73. The highest BCUT2D eigenvalue weighted by Gasteiger charge is 2.26. The summed E-state index contributed by atoms with van der Waals surface area (Å²) < 4.78 is 4.96. The van der Waals surface area contributed by atoms with E-state index in [1.54, 1.807) is 7.11 Å². The molecule has 1 fully saturated rings. The molecule has 0 heterocycles. The molecular formula is C9H19NO. The molecule has 0 amide bonds. The monoisotopic (exact) mass is 157 g/mol. The Bertz CT molecular complexity index is 102. The van der Waals surface area contributed by atoms with Crippen molar-refractivity contribution in [1.29, 1.82) is 0 Å². The molecule has 0 aromatic carbocycles. The highest BCUT2D eigenvalue weighted by atomic mass is 16.5. The second-order valence-corrected chi connectivity index (χ2v) is 3.43. The summed E-state index contributed by atoms with van der Waals surface area (Å²) in [6.07, 6.45) is 3.99. The zero-order valence-corrected chi connectivity index (χ0v) is 7.60. The molecule has 1 atom stereocenters. The second-order valence-electron chi connectivity index (χ2n) is 3.43. The van der Waals surface area contributed by atoms with Gasteiger partial charge in [-0.25, -0.2) is 0 Å². The molecule has 1 saturated carbocycles. The number of nitrogens with one attached hydrogen (secondary N) is 1. The van der Waals surface area contributed by atoms with Gasteiger partial charge in [-0.05, 0) is 38.6 Å². The summed E-state index contributed by atoms with van der Waals surface area (Å²) in [4.78, 5) is 0. The maximum absolute atomic E-state index is 4.96. The fourth-order valence-corrected chi connectivity index (χ4v) is 1.31. The fourth-order valence-electron chi connectivity index (χ4n) is 1.31. The molecule has 0 aromatic heterocycles. The number of methoxy groups -OCH3 is 1. The van der Waals surface area contributed by atoms with Crippen LogP contribution < -0.4 is 5.32 Å². The number of rotatable bonds is 6. The van der Waals surface area contributed by atoms with Crippen molar-refractivity contribution >= 4 is 0 Å². The average Bonchev–Trinajstić information content (AvgIpc) is 2.79. The van der Waals surface area contributed by atoms with Crippen molar-refractivity contribution < 1.29 is 4.74 Å². The van der Waals surface area contributed by atoms with Crippen LogP contribution in [0, 0.1) is 5.92 Å². The molecule has 1 N–H and O–H groups in total. The summed E-state index contributed by atoms with van der Waals surface area (Å²) in [5, 5.41) is 3.50. The first kappa shape index (κ1) is 9.01. The molecule has 0 spiro atoms. The van der Waals surface area contributed by atoms with Crippen LogP contribution in [0.4, 0.5) is 0 Å². The van der Waals surface area contributed by atoms with Gasteiger partial charge in [0.2, 0.25) is 0 Å². The quantitative estimate of drug-likeness (QED) is 0.589. The molecule has 11 heavy (non-hydrogen) atoms. The van der Waals surface area contributed by atoms with Gasteiger partial charge in [-0.15, -0.1) is 0 Å². The summed E-state index contributed by atoms with van der Waals surface area (Å²) in [5.41, 5.74) is 0. The SMILES string of the molecule is COCCCNC(C)C1CC1. The van der Waals surface area contributed by atoms with Crippen molar-refractivity contribution in [3.05, 3.63) is 0 Å². The van der Waals surface area contributed by atoms with Crippen molar-refractivity contribution in [3.63, 3.8) is 0 Å². The molecule has 0 aromatic rings. The summed E-state index contributed by atoms with van der Waals surface area (Å²) in [6, 6.07) is 0.729. The molecule has 2 heteroatoms. The Labute approximate surface area is 69.3 Å². The smallest absolute Gasteiger partial charge is 0.0474 e. The van der Waals surface area contributed by atoms with Crippen LogP contribution >= 0.6 is 0 Å². The lowest BCUT2D eigenvalue weighted by atomic mass is 10.2. The minimum atomic E-state index is 0.729.